The second-order valence-electron chi connectivity index (χ2n) is 8.13. The lowest BCUT2D eigenvalue weighted by atomic mass is 10.2. The summed E-state index contributed by atoms with van der Waals surface area (Å²) >= 11 is 0. The number of anilines is 1. The van der Waals surface area contributed by atoms with Crippen LogP contribution in [0.1, 0.15) is 12.1 Å². The number of hydrogen-bond donors (Lipinski definition) is 2. The Hall–Kier alpha value is -3.68. The van der Waals surface area contributed by atoms with Gasteiger partial charge in [0, 0.05) is 49.0 Å². The van der Waals surface area contributed by atoms with Gasteiger partial charge in [-0.1, -0.05) is 18.2 Å². The van der Waals surface area contributed by atoms with E-state index in [1.807, 2.05) is 30.3 Å². The van der Waals surface area contributed by atoms with Crippen molar-refractivity contribution in [3.05, 3.63) is 54.2 Å². The molecule has 0 bridgehead atoms. The predicted molar refractivity (Wildman–Crippen MR) is 121 cm³/mol. The highest BCUT2D eigenvalue weighted by molar-refractivity contribution is 5.97. The van der Waals surface area contributed by atoms with Crippen LogP contribution in [0.5, 0.6) is 11.5 Å². The van der Waals surface area contributed by atoms with E-state index in [4.69, 9.17) is 9.47 Å². The van der Waals surface area contributed by atoms with E-state index in [0.717, 1.165) is 16.9 Å². The van der Waals surface area contributed by atoms with Crippen LogP contribution in [0.15, 0.2) is 48.5 Å². The van der Waals surface area contributed by atoms with Crippen LogP contribution >= 0.6 is 0 Å². The van der Waals surface area contributed by atoms with Gasteiger partial charge in [0.05, 0.1) is 6.04 Å². The number of urea groups is 1. The van der Waals surface area contributed by atoms with E-state index in [1.165, 1.54) is 5.39 Å². The molecule has 32 heavy (non-hydrogen) atoms. The van der Waals surface area contributed by atoms with Crippen molar-refractivity contribution in [2.75, 3.05) is 31.2 Å². The summed E-state index contributed by atoms with van der Waals surface area (Å²) in [6.07, 6.45) is 0.267. The van der Waals surface area contributed by atoms with E-state index in [1.54, 1.807) is 4.90 Å². The number of aromatic nitrogens is 1. The third-order valence-corrected chi connectivity index (χ3v) is 5.94. The van der Waals surface area contributed by atoms with E-state index in [-0.39, 0.29) is 24.4 Å². The first-order valence-corrected chi connectivity index (χ1v) is 10.9. The van der Waals surface area contributed by atoms with E-state index in [2.05, 4.69) is 40.3 Å². The number of fused-ring (bicyclic) bond motifs is 2. The zero-order valence-corrected chi connectivity index (χ0v) is 18.0. The molecule has 166 valence electrons. The molecule has 2 aliphatic rings. The zero-order valence-electron chi connectivity index (χ0n) is 18.0. The van der Waals surface area contributed by atoms with Crippen LogP contribution in [0.2, 0.25) is 0 Å². The predicted octanol–water partition coefficient (Wildman–Crippen LogP) is 2.83. The lowest BCUT2D eigenvalue weighted by Crippen LogP contribution is -2.44. The van der Waals surface area contributed by atoms with Gasteiger partial charge in [-0.05, 0) is 36.6 Å². The fraction of sp³-hybridized carbons (Fsp3) is 0.333. The number of para-hydroxylation sites is 1. The van der Waals surface area contributed by atoms with Crippen LogP contribution in [0.4, 0.5) is 10.5 Å². The third-order valence-electron chi connectivity index (χ3n) is 5.94. The van der Waals surface area contributed by atoms with Crippen LogP contribution in [-0.2, 0) is 11.3 Å². The minimum atomic E-state index is -0.263. The summed E-state index contributed by atoms with van der Waals surface area (Å²) in [5, 5.41) is 7.03. The zero-order chi connectivity index (χ0) is 22.1. The van der Waals surface area contributed by atoms with Crippen molar-refractivity contribution in [2.45, 2.75) is 25.9 Å². The van der Waals surface area contributed by atoms with Crippen molar-refractivity contribution >= 4 is 28.5 Å². The third kappa shape index (κ3) is 3.95. The van der Waals surface area contributed by atoms with E-state index in [0.29, 0.717) is 44.3 Å². The number of amides is 3. The van der Waals surface area contributed by atoms with Crippen LogP contribution in [-0.4, -0.2) is 48.9 Å². The minimum Gasteiger partial charge on any atom is -0.486 e. The molecule has 0 radical (unpaired) electrons. The number of aryl methyl sites for hydroxylation is 1. The van der Waals surface area contributed by atoms with Gasteiger partial charge in [-0.25, -0.2) is 4.79 Å². The molecule has 0 unspecified atom stereocenters. The molecule has 3 heterocycles. The largest absolute Gasteiger partial charge is 0.486 e. The van der Waals surface area contributed by atoms with E-state index >= 15 is 0 Å². The van der Waals surface area contributed by atoms with Gasteiger partial charge < -0.3 is 29.6 Å². The van der Waals surface area contributed by atoms with Crippen LogP contribution in [0.25, 0.3) is 10.9 Å². The summed E-state index contributed by atoms with van der Waals surface area (Å²) in [5.74, 6) is 1.30. The molecule has 2 aromatic carbocycles. The Morgan fingerprint density at radius 3 is 2.78 bits per heavy atom. The number of ether oxygens (including phenoxy) is 2. The van der Waals surface area contributed by atoms with Crippen LogP contribution in [0, 0.1) is 6.92 Å². The Bertz CT molecular complexity index is 1170. The maximum absolute atomic E-state index is 12.5. The molecule has 0 saturated carbocycles. The first-order valence-electron chi connectivity index (χ1n) is 10.9. The molecule has 1 atom stereocenters. The maximum atomic E-state index is 12.5. The molecule has 8 heteroatoms. The molecule has 1 saturated heterocycles. The van der Waals surface area contributed by atoms with Crippen molar-refractivity contribution in [3.8, 4) is 11.5 Å². The fourth-order valence-corrected chi connectivity index (χ4v) is 4.42. The summed E-state index contributed by atoms with van der Waals surface area (Å²) in [6.45, 7) is 4.69. The van der Waals surface area contributed by atoms with Gasteiger partial charge in [0.1, 0.15) is 13.2 Å². The van der Waals surface area contributed by atoms with Gasteiger partial charge in [-0.2, -0.15) is 0 Å². The molecule has 2 N–H and O–H groups in total. The summed E-state index contributed by atoms with van der Waals surface area (Å²) in [5.41, 5.74) is 3.06. The molecule has 1 fully saturated rings. The number of nitrogens with zero attached hydrogens (tertiary/aromatic N) is 2. The molecule has 1 aromatic heterocycles. The molecule has 3 aromatic rings. The van der Waals surface area contributed by atoms with Gasteiger partial charge in [-0.15, -0.1) is 0 Å². The van der Waals surface area contributed by atoms with E-state index < -0.39 is 0 Å². The fourth-order valence-electron chi connectivity index (χ4n) is 4.42. The summed E-state index contributed by atoms with van der Waals surface area (Å²) in [7, 11) is 0. The average molecular weight is 434 g/mol. The number of rotatable bonds is 5. The Morgan fingerprint density at radius 1 is 1.09 bits per heavy atom. The molecule has 2 aliphatic heterocycles. The van der Waals surface area contributed by atoms with Gasteiger partial charge in [0.15, 0.2) is 11.5 Å². The van der Waals surface area contributed by atoms with Crippen molar-refractivity contribution in [2.24, 2.45) is 0 Å². The van der Waals surface area contributed by atoms with Crippen molar-refractivity contribution in [1.82, 2.24) is 15.2 Å². The standard InChI is InChI=1S/C24H26N4O4/c1-16-12-17-4-2-3-5-20(17)27(16)9-8-25-24(30)26-18-13-23(29)28(15-18)19-6-7-21-22(14-19)32-11-10-31-21/h2-7,12,14,18H,8-11,13,15H2,1H3,(H2,25,26,30)/t18-/m0/s1. The van der Waals surface area contributed by atoms with E-state index in [9.17, 15) is 9.59 Å². The van der Waals surface area contributed by atoms with Gasteiger partial charge in [-0.3, -0.25) is 4.79 Å². The number of hydrogen-bond acceptors (Lipinski definition) is 4. The summed E-state index contributed by atoms with van der Waals surface area (Å²) < 4.78 is 13.3. The van der Waals surface area contributed by atoms with Crippen molar-refractivity contribution < 1.29 is 19.1 Å². The number of carbonyl (C=O) groups is 2. The average Bonchev–Trinajstić information content (AvgIpc) is 3.32. The van der Waals surface area contributed by atoms with Crippen LogP contribution in [0.3, 0.4) is 0 Å². The highest BCUT2D eigenvalue weighted by Crippen LogP contribution is 2.35. The Labute approximate surface area is 186 Å². The van der Waals surface area contributed by atoms with Crippen LogP contribution < -0.4 is 25.0 Å². The lowest BCUT2D eigenvalue weighted by Gasteiger charge is -2.22. The highest BCUT2D eigenvalue weighted by atomic mass is 16.6. The SMILES string of the molecule is Cc1cc2ccccc2n1CCNC(=O)N[C@H]1CC(=O)N(c2ccc3c(c2)OCCO3)C1. The number of nitrogens with one attached hydrogen (secondary N) is 2. The smallest absolute Gasteiger partial charge is 0.315 e. The minimum absolute atomic E-state index is 0.0265. The normalized spacial score (nSPS) is 17.6. The first-order chi connectivity index (χ1) is 15.6. The van der Waals surface area contributed by atoms with Gasteiger partial charge in [0.25, 0.3) is 0 Å². The quantitative estimate of drug-likeness (QED) is 0.647. The lowest BCUT2D eigenvalue weighted by molar-refractivity contribution is -0.117. The first kappa shape index (κ1) is 20.2. The topological polar surface area (TPSA) is 84.8 Å². The second kappa shape index (κ2) is 8.45. The van der Waals surface area contributed by atoms with Crippen molar-refractivity contribution in [1.29, 1.82) is 0 Å². The van der Waals surface area contributed by atoms with Crippen molar-refractivity contribution in [3.63, 3.8) is 0 Å². The van der Waals surface area contributed by atoms with Gasteiger partial charge >= 0.3 is 6.03 Å². The molecule has 8 nitrogen and oxygen atoms in total. The summed E-state index contributed by atoms with van der Waals surface area (Å²) in [6, 6.07) is 15.3. The molecular weight excluding hydrogens is 408 g/mol. The Kier molecular flexibility index (Phi) is 5.34. The maximum Gasteiger partial charge on any atom is 0.315 e. The monoisotopic (exact) mass is 434 g/mol. The second-order valence-corrected chi connectivity index (χ2v) is 8.13. The number of benzene rings is 2. The molecule has 5 rings (SSSR count). The Balaban J connectivity index is 1.15. The molecule has 3 amide bonds. The highest BCUT2D eigenvalue weighted by Gasteiger charge is 2.32. The summed E-state index contributed by atoms with van der Waals surface area (Å²) in [4.78, 5) is 26.6. The number of carbonyl (C=O) groups excluding carboxylic acids is 2. The van der Waals surface area contributed by atoms with Gasteiger partial charge in [0.2, 0.25) is 5.91 Å². The molecule has 0 aliphatic carbocycles. The molecule has 0 spiro atoms. The molecular formula is C24H26N4O4. The Morgan fingerprint density at radius 2 is 1.91 bits per heavy atom.